The molecule has 110 valence electrons. The molecule has 1 rings (SSSR count). The number of Topliss-reactive ketones (excluding diaryl/α,β-unsaturated/α-hetero) is 1. The Morgan fingerprint density at radius 2 is 1.80 bits per heavy atom. The molecule has 0 spiro atoms. The zero-order chi connectivity index (χ0) is 15.2. The number of rotatable bonds is 5. The molecule has 1 N–H and O–H groups in total. The fraction of sp³-hybridized carbons (Fsp3) is 0.500. The number of carbonyl (C=O) groups excluding carboxylic acids is 2. The van der Waals surface area contributed by atoms with Crippen molar-refractivity contribution in [3.05, 3.63) is 35.9 Å². The molecule has 0 saturated heterocycles. The van der Waals surface area contributed by atoms with Gasteiger partial charge in [0.15, 0.2) is 0 Å². The molecule has 4 heteroatoms. The first kappa shape index (κ1) is 16.2. The third-order valence-electron chi connectivity index (χ3n) is 2.72. The van der Waals surface area contributed by atoms with Gasteiger partial charge in [0, 0.05) is 18.9 Å². The molecule has 0 radical (unpaired) electrons. The molecule has 0 bridgehead atoms. The molecule has 0 aliphatic rings. The highest BCUT2D eigenvalue weighted by atomic mass is 16.6. The second kappa shape index (κ2) is 7.08. The number of amides is 1. The molecule has 0 aliphatic heterocycles. The number of ketones is 1. The maximum Gasteiger partial charge on any atom is 0.407 e. The van der Waals surface area contributed by atoms with E-state index in [1.807, 2.05) is 37.3 Å². The van der Waals surface area contributed by atoms with Crippen LogP contribution in [-0.2, 0) is 16.0 Å². The van der Waals surface area contributed by atoms with Crippen LogP contribution in [0.3, 0.4) is 0 Å². The van der Waals surface area contributed by atoms with Gasteiger partial charge in [0.25, 0.3) is 0 Å². The van der Waals surface area contributed by atoms with Crippen LogP contribution in [0.1, 0.15) is 33.3 Å². The predicted molar refractivity (Wildman–Crippen MR) is 78.6 cm³/mol. The minimum Gasteiger partial charge on any atom is -0.444 e. The van der Waals surface area contributed by atoms with E-state index in [0.29, 0.717) is 13.0 Å². The molecule has 0 saturated carbocycles. The maximum atomic E-state index is 12.0. The van der Waals surface area contributed by atoms with Crippen molar-refractivity contribution in [2.24, 2.45) is 5.92 Å². The summed E-state index contributed by atoms with van der Waals surface area (Å²) < 4.78 is 5.12. The van der Waals surface area contributed by atoms with Gasteiger partial charge in [-0.1, -0.05) is 37.3 Å². The molecule has 0 fully saturated rings. The van der Waals surface area contributed by atoms with Crippen molar-refractivity contribution in [2.45, 2.75) is 39.7 Å². The van der Waals surface area contributed by atoms with E-state index in [1.54, 1.807) is 20.8 Å². The van der Waals surface area contributed by atoms with Gasteiger partial charge < -0.3 is 10.1 Å². The Bertz CT molecular complexity index is 449. The van der Waals surface area contributed by atoms with Gasteiger partial charge in [-0.2, -0.15) is 0 Å². The topological polar surface area (TPSA) is 55.4 Å². The Kier molecular flexibility index (Phi) is 5.74. The quantitative estimate of drug-likeness (QED) is 0.900. The number of nitrogens with one attached hydrogen (secondary N) is 1. The lowest BCUT2D eigenvalue weighted by atomic mass is 9.99. The molecule has 0 unspecified atom stereocenters. The number of benzene rings is 1. The Morgan fingerprint density at radius 1 is 1.20 bits per heavy atom. The van der Waals surface area contributed by atoms with Crippen LogP contribution < -0.4 is 5.32 Å². The smallest absolute Gasteiger partial charge is 0.407 e. The van der Waals surface area contributed by atoms with Crippen LogP contribution in [0.15, 0.2) is 30.3 Å². The number of ether oxygens (including phenoxy) is 1. The predicted octanol–water partition coefficient (Wildman–Crippen LogP) is 2.96. The number of alkyl carbamates (subject to hydrolysis) is 1. The number of carbonyl (C=O) groups is 2. The van der Waals surface area contributed by atoms with Gasteiger partial charge in [-0.05, 0) is 26.3 Å². The Balaban J connectivity index is 2.37. The number of hydrogen-bond donors (Lipinski definition) is 1. The zero-order valence-electron chi connectivity index (χ0n) is 12.6. The first-order chi connectivity index (χ1) is 9.28. The molecule has 1 aromatic rings. The molecule has 1 atom stereocenters. The summed E-state index contributed by atoms with van der Waals surface area (Å²) in [5.74, 6) is -0.130. The molecule has 1 amide bonds. The van der Waals surface area contributed by atoms with Crippen LogP contribution in [0.4, 0.5) is 4.79 Å². The largest absolute Gasteiger partial charge is 0.444 e. The van der Waals surface area contributed by atoms with E-state index in [9.17, 15) is 9.59 Å². The van der Waals surface area contributed by atoms with Crippen molar-refractivity contribution < 1.29 is 14.3 Å². The van der Waals surface area contributed by atoms with Crippen LogP contribution in [0, 0.1) is 5.92 Å². The molecular formula is C16H23NO3. The average Bonchev–Trinajstić information content (AvgIpc) is 2.35. The Hall–Kier alpha value is -1.84. The first-order valence-electron chi connectivity index (χ1n) is 6.81. The molecule has 0 aliphatic carbocycles. The van der Waals surface area contributed by atoms with E-state index < -0.39 is 11.7 Å². The van der Waals surface area contributed by atoms with Gasteiger partial charge in [0.2, 0.25) is 0 Å². The summed E-state index contributed by atoms with van der Waals surface area (Å²) in [5, 5.41) is 2.62. The highest BCUT2D eigenvalue weighted by Gasteiger charge is 2.18. The van der Waals surface area contributed by atoms with Gasteiger partial charge in [-0.3, -0.25) is 4.79 Å². The average molecular weight is 277 g/mol. The minimum atomic E-state index is -0.526. The van der Waals surface area contributed by atoms with Gasteiger partial charge in [0.1, 0.15) is 11.4 Å². The van der Waals surface area contributed by atoms with Crippen molar-refractivity contribution >= 4 is 11.9 Å². The van der Waals surface area contributed by atoms with Crippen molar-refractivity contribution in [3.63, 3.8) is 0 Å². The van der Waals surface area contributed by atoms with Crippen molar-refractivity contribution in [1.29, 1.82) is 0 Å². The summed E-state index contributed by atoms with van der Waals surface area (Å²) in [7, 11) is 0. The van der Waals surface area contributed by atoms with Crippen LogP contribution in [0.5, 0.6) is 0 Å². The lowest BCUT2D eigenvalue weighted by Crippen LogP contribution is -2.36. The third-order valence-corrected chi connectivity index (χ3v) is 2.72. The summed E-state index contributed by atoms with van der Waals surface area (Å²) in [6.45, 7) is 7.51. The van der Waals surface area contributed by atoms with E-state index in [2.05, 4.69) is 5.32 Å². The maximum absolute atomic E-state index is 12.0. The zero-order valence-corrected chi connectivity index (χ0v) is 12.6. The Morgan fingerprint density at radius 3 is 2.35 bits per heavy atom. The highest BCUT2D eigenvalue weighted by Crippen LogP contribution is 2.08. The normalized spacial score (nSPS) is 12.6. The SMILES string of the molecule is C[C@H](CNC(=O)OC(C)(C)C)C(=O)Cc1ccccc1. The van der Waals surface area contributed by atoms with Crippen LogP contribution in [0.25, 0.3) is 0 Å². The fourth-order valence-corrected chi connectivity index (χ4v) is 1.64. The van der Waals surface area contributed by atoms with Gasteiger partial charge in [-0.15, -0.1) is 0 Å². The van der Waals surface area contributed by atoms with E-state index in [-0.39, 0.29) is 11.7 Å². The summed E-state index contributed by atoms with van der Waals surface area (Å²) in [5.41, 5.74) is 0.461. The molecule has 0 heterocycles. The van der Waals surface area contributed by atoms with Gasteiger partial charge in [0.05, 0.1) is 0 Å². The molecular weight excluding hydrogens is 254 g/mol. The second-order valence-corrected chi connectivity index (χ2v) is 5.91. The van der Waals surface area contributed by atoms with E-state index in [4.69, 9.17) is 4.74 Å². The Labute approximate surface area is 120 Å². The molecule has 4 nitrogen and oxygen atoms in total. The van der Waals surface area contributed by atoms with Crippen molar-refractivity contribution in [3.8, 4) is 0 Å². The standard InChI is InChI=1S/C16H23NO3/c1-12(11-17-15(19)20-16(2,3)4)14(18)10-13-8-6-5-7-9-13/h5-9,12H,10-11H2,1-4H3,(H,17,19)/t12-/m1/s1. The minimum absolute atomic E-state index is 0.104. The summed E-state index contributed by atoms with van der Waals surface area (Å²) in [4.78, 5) is 23.5. The van der Waals surface area contributed by atoms with E-state index in [0.717, 1.165) is 5.56 Å². The summed E-state index contributed by atoms with van der Waals surface area (Å²) >= 11 is 0. The lowest BCUT2D eigenvalue weighted by Gasteiger charge is -2.20. The highest BCUT2D eigenvalue weighted by molar-refractivity contribution is 5.83. The fourth-order valence-electron chi connectivity index (χ4n) is 1.64. The van der Waals surface area contributed by atoms with E-state index >= 15 is 0 Å². The van der Waals surface area contributed by atoms with Crippen LogP contribution >= 0.6 is 0 Å². The van der Waals surface area contributed by atoms with Gasteiger partial charge >= 0.3 is 6.09 Å². The van der Waals surface area contributed by atoms with Crippen LogP contribution in [-0.4, -0.2) is 24.0 Å². The van der Waals surface area contributed by atoms with Crippen LogP contribution in [0.2, 0.25) is 0 Å². The number of hydrogen-bond acceptors (Lipinski definition) is 3. The summed E-state index contributed by atoms with van der Waals surface area (Å²) in [6, 6.07) is 9.58. The van der Waals surface area contributed by atoms with Crippen molar-refractivity contribution in [1.82, 2.24) is 5.32 Å². The second-order valence-electron chi connectivity index (χ2n) is 5.91. The first-order valence-corrected chi connectivity index (χ1v) is 6.81. The van der Waals surface area contributed by atoms with E-state index in [1.165, 1.54) is 0 Å². The third kappa shape index (κ3) is 6.36. The molecule has 0 aromatic heterocycles. The lowest BCUT2D eigenvalue weighted by molar-refractivity contribution is -0.121. The summed E-state index contributed by atoms with van der Waals surface area (Å²) in [6.07, 6.45) is -0.102. The molecule has 20 heavy (non-hydrogen) atoms. The van der Waals surface area contributed by atoms with Gasteiger partial charge in [-0.25, -0.2) is 4.79 Å². The monoisotopic (exact) mass is 277 g/mol. The van der Waals surface area contributed by atoms with Crippen molar-refractivity contribution in [2.75, 3.05) is 6.54 Å². The molecule has 1 aromatic carbocycles.